The number of nitrogens with zero attached hydrogens (tertiary/aromatic N) is 3. The summed E-state index contributed by atoms with van der Waals surface area (Å²) >= 11 is 1.65. The van der Waals surface area contributed by atoms with E-state index in [-0.39, 0.29) is 0 Å². The van der Waals surface area contributed by atoms with Crippen molar-refractivity contribution in [3.05, 3.63) is 11.1 Å². The molecule has 5 nitrogen and oxygen atoms in total. The Bertz CT molecular complexity index is 459. The van der Waals surface area contributed by atoms with Gasteiger partial charge in [0.15, 0.2) is 11.1 Å². The third-order valence-corrected chi connectivity index (χ3v) is 4.12. The summed E-state index contributed by atoms with van der Waals surface area (Å²) in [6, 6.07) is 0. The minimum absolute atomic E-state index is 0.389. The fourth-order valence-corrected chi connectivity index (χ4v) is 2.65. The van der Waals surface area contributed by atoms with Gasteiger partial charge < -0.3 is 15.5 Å². The van der Waals surface area contributed by atoms with E-state index in [0.29, 0.717) is 12.0 Å². The summed E-state index contributed by atoms with van der Waals surface area (Å²) < 4.78 is 0. The Morgan fingerprint density at radius 3 is 2.59 bits per heavy atom. The van der Waals surface area contributed by atoms with Crippen molar-refractivity contribution in [3.63, 3.8) is 0 Å². The number of aromatic nitrogens is 1. The Morgan fingerprint density at radius 1 is 1.32 bits per heavy atom. The van der Waals surface area contributed by atoms with Gasteiger partial charge in [-0.25, -0.2) is 9.98 Å². The molecule has 0 radical (unpaired) electrons. The number of hydrogen-bond donors (Lipinski definition) is 2. The summed E-state index contributed by atoms with van der Waals surface area (Å²) in [4.78, 5) is 11.2. The van der Waals surface area contributed by atoms with Crippen LogP contribution in [0.25, 0.3) is 0 Å². The monoisotopic (exact) mass is 325 g/mol. The summed E-state index contributed by atoms with van der Waals surface area (Å²) in [7, 11) is 4.01. The van der Waals surface area contributed by atoms with Crippen LogP contribution in [0.5, 0.6) is 0 Å². The number of anilines is 1. The summed E-state index contributed by atoms with van der Waals surface area (Å²) in [5.41, 5.74) is 1.40. The zero-order valence-electron chi connectivity index (χ0n) is 14.9. The predicted octanol–water partition coefficient (Wildman–Crippen LogP) is 3.09. The van der Waals surface area contributed by atoms with Crippen molar-refractivity contribution in [2.45, 2.75) is 47.1 Å². The van der Waals surface area contributed by atoms with Gasteiger partial charge in [-0.1, -0.05) is 20.8 Å². The molecule has 0 atom stereocenters. The Hall–Kier alpha value is -1.30. The van der Waals surface area contributed by atoms with Gasteiger partial charge in [0.25, 0.3) is 0 Å². The molecule has 0 amide bonds. The van der Waals surface area contributed by atoms with E-state index in [0.717, 1.165) is 36.3 Å². The van der Waals surface area contributed by atoms with Gasteiger partial charge in [-0.2, -0.15) is 0 Å². The number of rotatable bonds is 7. The van der Waals surface area contributed by atoms with Crippen LogP contribution in [0, 0.1) is 5.41 Å². The molecular weight excluding hydrogens is 294 g/mol. The second-order valence-corrected chi connectivity index (χ2v) is 7.64. The molecule has 1 aromatic rings. The van der Waals surface area contributed by atoms with Gasteiger partial charge >= 0.3 is 0 Å². The molecule has 0 aliphatic rings. The van der Waals surface area contributed by atoms with Crippen LogP contribution in [0.3, 0.4) is 0 Å². The van der Waals surface area contributed by atoms with E-state index in [2.05, 4.69) is 53.7 Å². The Morgan fingerprint density at radius 2 is 2.05 bits per heavy atom. The van der Waals surface area contributed by atoms with E-state index in [4.69, 9.17) is 0 Å². The zero-order valence-corrected chi connectivity index (χ0v) is 15.7. The molecule has 0 saturated carbocycles. The Kier molecular flexibility index (Phi) is 7.65. The van der Waals surface area contributed by atoms with E-state index < -0.39 is 0 Å². The van der Waals surface area contributed by atoms with Crippen LogP contribution in [0.4, 0.5) is 5.13 Å². The first kappa shape index (κ1) is 18.7. The average molecular weight is 326 g/mol. The predicted molar refractivity (Wildman–Crippen MR) is 97.9 cm³/mol. The highest BCUT2D eigenvalue weighted by Gasteiger charge is 2.09. The van der Waals surface area contributed by atoms with Crippen LogP contribution in [0.1, 0.15) is 46.2 Å². The van der Waals surface area contributed by atoms with Crippen molar-refractivity contribution < 1.29 is 0 Å². The molecule has 0 bridgehead atoms. The van der Waals surface area contributed by atoms with Crippen molar-refractivity contribution in [1.82, 2.24) is 15.6 Å². The third kappa shape index (κ3) is 7.64. The van der Waals surface area contributed by atoms with Crippen LogP contribution in [-0.4, -0.2) is 38.1 Å². The van der Waals surface area contributed by atoms with Crippen LogP contribution < -0.4 is 15.5 Å². The van der Waals surface area contributed by atoms with Crippen molar-refractivity contribution in [2.75, 3.05) is 32.1 Å². The molecule has 2 N–H and O–H groups in total. The standard InChI is InChI=1S/C16H31N5S/c1-7-17-14(18-10-8-9-16(2,3)4)19-11-13-12-22-15(20-13)21(5)6/h12H,7-11H2,1-6H3,(H2,17,18,19). The molecule has 0 aliphatic heterocycles. The Balaban J connectivity index is 2.47. The number of aliphatic imine (C=N–C) groups is 1. The van der Waals surface area contributed by atoms with E-state index >= 15 is 0 Å². The number of nitrogens with one attached hydrogen (secondary N) is 2. The van der Waals surface area contributed by atoms with Crippen molar-refractivity contribution >= 4 is 22.4 Å². The highest BCUT2D eigenvalue weighted by atomic mass is 32.1. The van der Waals surface area contributed by atoms with Gasteiger partial charge in [0.05, 0.1) is 12.2 Å². The molecule has 0 aliphatic carbocycles. The lowest BCUT2D eigenvalue weighted by atomic mass is 9.91. The smallest absolute Gasteiger partial charge is 0.191 e. The van der Waals surface area contributed by atoms with Crippen molar-refractivity contribution in [3.8, 4) is 0 Å². The van der Waals surface area contributed by atoms with Gasteiger partial charge in [-0.3, -0.25) is 0 Å². The molecule has 1 aromatic heterocycles. The van der Waals surface area contributed by atoms with Crippen LogP contribution in [0.2, 0.25) is 0 Å². The summed E-state index contributed by atoms with van der Waals surface area (Å²) in [5.74, 6) is 0.871. The third-order valence-electron chi connectivity index (χ3n) is 3.06. The van der Waals surface area contributed by atoms with E-state index in [1.54, 1.807) is 11.3 Å². The first-order valence-corrected chi connectivity index (χ1v) is 8.83. The first-order chi connectivity index (χ1) is 10.3. The van der Waals surface area contributed by atoms with Crippen molar-refractivity contribution in [1.29, 1.82) is 0 Å². The van der Waals surface area contributed by atoms with E-state index in [9.17, 15) is 0 Å². The number of hydrogen-bond acceptors (Lipinski definition) is 4. The zero-order chi connectivity index (χ0) is 16.6. The molecule has 6 heteroatoms. The molecule has 0 saturated heterocycles. The summed E-state index contributed by atoms with van der Waals surface area (Å²) in [6.45, 7) is 11.3. The van der Waals surface area contributed by atoms with E-state index in [1.807, 2.05) is 19.0 Å². The first-order valence-electron chi connectivity index (χ1n) is 7.95. The lowest BCUT2D eigenvalue weighted by Gasteiger charge is -2.18. The molecule has 22 heavy (non-hydrogen) atoms. The maximum absolute atomic E-state index is 4.61. The molecule has 0 fully saturated rings. The van der Waals surface area contributed by atoms with Gasteiger partial charge in [0.2, 0.25) is 0 Å². The molecule has 0 spiro atoms. The molecule has 1 rings (SSSR count). The van der Waals surface area contributed by atoms with Crippen LogP contribution >= 0.6 is 11.3 Å². The topological polar surface area (TPSA) is 52.6 Å². The van der Waals surface area contributed by atoms with Gasteiger partial charge in [0.1, 0.15) is 0 Å². The maximum atomic E-state index is 4.61. The minimum Gasteiger partial charge on any atom is -0.357 e. The van der Waals surface area contributed by atoms with Gasteiger partial charge in [-0.05, 0) is 25.2 Å². The van der Waals surface area contributed by atoms with Crippen LogP contribution in [-0.2, 0) is 6.54 Å². The maximum Gasteiger partial charge on any atom is 0.191 e. The second-order valence-electron chi connectivity index (χ2n) is 6.80. The molecule has 1 heterocycles. The van der Waals surface area contributed by atoms with Crippen LogP contribution in [0.15, 0.2) is 10.4 Å². The molecule has 126 valence electrons. The van der Waals surface area contributed by atoms with Gasteiger partial charge in [0, 0.05) is 32.6 Å². The fraction of sp³-hybridized carbons (Fsp3) is 0.750. The SMILES string of the molecule is CCNC(=NCc1csc(N(C)C)n1)NCCCC(C)(C)C. The largest absolute Gasteiger partial charge is 0.357 e. The van der Waals surface area contributed by atoms with Crippen molar-refractivity contribution in [2.24, 2.45) is 10.4 Å². The molecule has 0 aromatic carbocycles. The number of guanidine groups is 1. The normalized spacial score (nSPS) is 12.4. The average Bonchev–Trinajstić information content (AvgIpc) is 2.88. The lowest BCUT2D eigenvalue weighted by molar-refractivity contribution is 0.365. The lowest BCUT2D eigenvalue weighted by Crippen LogP contribution is -2.38. The summed E-state index contributed by atoms with van der Waals surface area (Å²) in [5, 5.41) is 9.77. The number of thiazole rings is 1. The second kappa shape index (κ2) is 8.98. The summed E-state index contributed by atoms with van der Waals surface area (Å²) in [6.07, 6.45) is 2.35. The molecule has 0 unspecified atom stereocenters. The Labute approximate surface area is 139 Å². The quantitative estimate of drug-likeness (QED) is 0.459. The minimum atomic E-state index is 0.389. The van der Waals surface area contributed by atoms with E-state index in [1.165, 1.54) is 6.42 Å². The highest BCUT2D eigenvalue weighted by molar-refractivity contribution is 7.13. The van der Waals surface area contributed by atoms with Gasteiger partial charge in [-0.15, -0.1) is 11.3 Å². The highest BCUT2D eigenvalue weighted by Crippen LogP contribution is 2.20. The molecular formula is C16H31N5S. The fourth-order valence-electron chi connectivity index (χ4n) is 1.90.